The number of amides is 1. The zero-order valence-electron chi connectivity index (χ0n) is 10.4. The van der Waals surface area contributed by atoms with E-state index in [2.05, 4.69) is 0 Å². The molecule has 6 nitrogen and oxygen atoms in total. The Kier molecular flexibility index (Phi) is 4.09. The van der Waals surface area contributed by atoms with Crippen LogP contribution in [0.5, 0.6) is 0 Å². The largest absolute Gasteiger partial charge is 0.444 e. The molecule has 1 atom stereocenters. The number of nitro groups is 1. The number of ether oxygens (including phenoxy) is 1. The monoisotopic (exact) mass is 242 g/mol. The van der Waals surface area contributed by atoms with Crippen molar-refractivity contribution in [3.8, 4) is 0 Å². The molecule has 96 valence electrons. The van der Waals surface area contributed by atoms with Gasteiger partial charge in [0.25, 0.3) is 0 Å². The van der Waals surface area contributed by atoms with Crippen molar-refractivity contribution in [1.29, 1.82) is 0 Å². The highest BCUT2D eigenvalue weighted by molar-refractivity contribution is 5.69. The lowest BCUT2D eigenvalue weighted by atomic mass is 10.2. The summed E-state index contributed by atoms with van der Waals surface area (Å²) in [5.41, 5.74) is -0.545. The molecular weight excluding hydrogens is 224 g/mol. The van der Waals surface area contributed by atoms with Crippen molar-refractivity contribution in [1.82, 2.24) is 4.90 Å². The average Bonchev–Trinajstić information content (AvgIpc) is 2.59. The fourth-order valence-electron chi connectivity index (χ4n) is 1.71. The van der Waals surface area contributed by atoms with E-state index in [4.69, 9.17) is 4.74 Å². The Bertz CT molecular complexity index is 333. The summed E-state index contributed by atoms with van der Waals surface area (Å²) < 4.78 is 5.24. The molecule has 0 N–H and O–H groups in total. The van der Waals surface area contributed by atoms with E-state index in [9.17, 15) is 14.9 Å². The van der Waals surface area contributed by atoms with Gasteiger partial charge in [0.15, 0.2) is 0 Å². The van der Waals surface area contributed by atoms with Crippen LogP contribution in [0, 0.1) is 10.1 Å². The summed E-state index contributed by atoms with van der Waals surface area (Å²) >= 11 is 0. The highest BCUT2D eigenvalue weighted by Gasteiger charge is 2.31. The van der Waals surface area contributed by atoms with Gasteiger partial charge in [-0.05, 0) is 33.6 Å². The Morgan fingerprint density at radius 3 is 2.71 bits per heavy atom. The first-order valence-electron chi connectivity index (χ1n) is 5.61. The zero-order chi connectivity index (χ0) is 13.1. The first kappa shape index (κ1) is 13.5. The second-order valence-corrected chi connectivity index (χ2v) is 5.01. The van der Waals surface area contributed by atoms with Gasteiger partial charge in [-0.3, -0.25) is 10.1 Å². The van der Waals surface area contributed by atoms with Crippen LogP contribution in [0.25, 0.3) is 0 Å². The van der Waals surface area contributed by atoms with E-state index in [0.29, 0.717) is 6.54 Å². The topological polar surface area (TPSA) is 72.7 Å². The minimum Gasteiger partial charge on any atom is -0.444 e. The van der Waals surface area contributed by atoms with Crippen molar-refractivity contribution in [2.75, 3.05) is 6.54 Å². The van der Waals surface area contributed by atoms with E-state index in [-0.39, 0.29) is 6.04 Å². The molecule has 0 aromatic heterocycles. The maximum absolute atomic E-state index is 11.8. The smallest absolute Gasteiger partial charge is 0.410 e. The van der Waals surface area contributed by atoms with Crippen molar-refractivity contribution in [3.05, 3.63) is 22.4 Å². The Morgan fingerprint density at radius 2 is 2.18 bits per heavy atom. The zero-order valence-corrected chi connectivity index (χ0v) is 10.4. The molecule has 0 aromatic carbocycles. The Balaban J connectivity index is 2.63. The van der Waals surface area contributed by atoms with Gasteiger partial charge in [0.05, 0.1) is 11.0 Å². The number of likely N-dealkylation sites (tertiary alicyclic amines) is 1. The molecule has 0 aliphatic carbocycles. The molecule has 1 heterocycles. The summed E-state index contributed by atoms with van der Waals surface area (Å²) in [4.78, 5) is 23.1. The third kappa shape index (κ3) is 4.42. The van der Waals surface area contributed by atoms with Crippen molar-refractivity contribution in [2.24, 2.45) is 0 Å². The number of rotatable bonds is 2. The number of hydrogen-bond donors (Lipinski definition) is 0. The van der Waals surface area contributed by atoms with E-state index in [1.165, 1.54) is 11.0 Å². The van der Waals surface area contributed by atoms with Crippen LogP contribution in [-0.4, -0.2) is 34.1 Å². The molecule has 0 spiro atoms. The van der Waals surface area contributed by atoms with Gasteiger partial charge in [0.2, 0.25) is 6.20 Å². The molecule has 0 radical (unpaired) electrons. The van der Waals surface area contributed by atoms with Gasteiger partial charge in [-0.15, -0.1) is 0 Å². The molecule has 1 saturated heterocycles. The predicted molar refractivity (Wildman–Crippen MR) is 62.1 cm³/mol. The molecule has 1 fully saturated rings. The Morgan fingerprint density at radius 1 is 1.53 bits per heavy atom. The van der Waals surface area contributed by atoms with Crippen LogP contribution >= 0.6 is 0 Å². The molecule has 17 heavy (non-hydrogen) atoms. The van der Waals surface area contributed by atoms with Crippen molar-refractivity contribution >= 4 is 6.09 Å². The van der Waals surface area contributed by atoms with E-state index >= 15 is 0 Å². The quantitative estimate of drug-likeness (QED) is 0.549. The molecule has 6 heteroatoms. The van der Waals surface area contributed by atoms with E-state index in [1.807, 2.05) is 0 Å². The van der Waals surface area contributed by atoms with Gasteiger partial charge in [-0.25, -0.2) is 4.79 Å². The van der Waals surface area contributed by atoms with Gasteiger partial charge in [-0.2, -0.15) is 0 Å². The average molecular weight is 242 g/mol. The van der Waals surface area contributed by atoms with Gasteiger partial charge in [0, 0.05) is 12.6 Å². The fraction of sp³-hybridized carbons (Fsp3) is 0.727. The first-order valence-corrected chi connectivity index (χ1v) is 5.61. The first-order chi connectivity index (χ1) is 7.79. The van der Waals surface area contributed by atoms with Crippen LogP contribution in [0.15, 0.2) is 12.3 Å². The summed E-state index contributed by atoms with van der Waals surface area (Å²) in [6.07, 6.45) is 3.49. The van der Waals surface area contributed by atoms with Crippen LogP contribution in [0.3, 0.4) is 0 Å². The second-order valence-electron chi connectivity index (χ2n) is 5.01. The predicted octanol–water partition coefficient (Wildman–Crippen LogP) is 2.18. The van der Waals surface area contributed by atoms with Gasteiger partial charge in [-0.1, -0.05) is 0 Å². The molecule has 0 saturated carbocycles. The normalized spacial score (nSPS) is 20.9. The molecule has 1 aliphatic heterocycles. The van der Waals surface area contributed by atoms with Crippen LogP contribution in [0.2, 0.25) is 0 Å². The third-order valence-corrected chi connectivity index (χ3v) is 2.36. The van der Waals surface area contributed by atoms with Crippen molar-refractivity contribution < 1.29 is 14.5 Å². The highest BCUT2D eigenvalue weighted by atomic mass is 16.6. The lowest BCUT2D eigenvalue weighted by molar-refractivity contribution is -0.402. The molecule has 1 aliphatic rings. The molecule has 1 rings (SSSR count). The van der Waals surface area contributed by atoms with Crippen LogP contribution in [0.1, 0.15) is 33.6 Å². The fourth-order valence-corrected chi connectivity index (χ4v) is 1.71. The number of hydrogen-bond acceptors (Lipinski definition) is 4. The van der Waals surface area contributed by atoms with Crippen molar-refractivity contribution in [2.45, 2.75) is 45.3 Å². The van der Waals surface area contributed by atoms with Crippen molar-refractivity contribution in [3.63, 3.8) is 0 Å². The number of carbonyl (C=O) groups excluding carboxylic acids is 1. The second kappa shape index (κ2) is 5.16. The van der Waals surface area contributed by atoms with E-state index in [1.54, 1.807) is 20.8 Å². The highest BCUT2D eigenvalue weighted by Crippen LogP contribution is 2.21. The van der Waals surface area contributed by atoms with E-state index in [0.717, 1.165) is 19.0 Å². The van der Waals surface area contributed by atoms with Gasteiger partial charge < -0.3 is 9.64 Å². The standard InChI is InChI=1S/C11H18N2O4/c1-11(2,3)17-10(14)12-7-4-5-9(12)6-8-13(15)16/h6,8-9H,4-5,7H2,1-3H3. The molecule has 1 amide bonds. The third-order valence-electron chi connectivity index (χ3n) is 2.36. The van der Waals surface area contributed by atoms with Gasteiger partial charge >= 0.3 is 6.09 Å². The summed E-state index contributed by atoms with van der Waals surface area (Å²) in [5, 5.41) is 10.2. The molecule has 0 aromatic rings. The van der Waals surface area contributed by atoms with Crippen LogP contribution in [-0.2, 0) is 4.74 Å². The number of nitrogens with zero attached hydrogens (tertiary/aromatic N) is 2. The Hall–Kier alpha value is -1.59. The Labute approximate surface area is 100 Å². The summed E-state index contributed by atoms with van der Waals surface area (Å²) in [6.45, 7) is 5.97. The summed E-state index contributed by atoms with van der Waals surface area (Å²) in [7, 11) is 0. The molecular formula is C11H18N2O4. The minimum absolute atomic E-state index is 0.227. The summed E-state index contributed by atoms with van der Waals surface area (Å²) in [5.74, 6) is 0. The lowest BCUT2D eigenvalue weighted by Gasteiger charge is -2.26. The van der Waals surface area contributed by atoms with Crippen LogP contribution in [0.4, 0.5) is 4.79 Å². The SMILES string of the molecule is CC(C)(C)OC(=O)N1CCCC1C=C[N+](=O)[O-]. The van der Waals surface area contributed by atoms with Gasteiger partial charge in [0.1, 0.15) is 5.60 Å². The maximum Gasteiger partial charge on any atom is 0.410 e. The van der Waals surface area contributed by atoms with E-state index < -0.39 is 16.6 Å². The molecule has 0 bridgehead atoms. The number of carbonyl (C=O) groups is 1. The maximum atomic E-state index is 11.8. The minimum atomic E-state index is -0.545. The molecule has 1 unspecified atom stereocenters. The van der Waals surface area contributed by atoms with Crippen LogP contribution < -0.4 is 0 Å². The summed E-state index contributed by atoms with van der Waals surface area (Å²) in [6, 6.07) is -0.227. The lowest BCUT2D eigenvalue weighted by Crippen LogP contribution is -2.39.